The molecule has 0 saturated heterocycles. The van der Waals surface area contributed by atoms with Gasteiger partial charge in [-0.3, -0.25) is 0 Å². The summed E-state index contributed by atoms with van der Waals surface area (Å²) in [4.78, 5) is 0. The minimum absolute atomic E-state index is 0.884. The van der Waals surface area contributed by atoms with Crippen molar-refractivity contribution in [1.82, 2.24) is 0 Å². The predicted molar refractivity (Wildman–Crippen MR) is 71.4 cm³/mol. The first-order valence-corrected chi connectivity index (χ1v) is 7.42. The van der Waals surface area contributed by atoms with Crippen LogP contribution in [0.2, 0.25) is 0 Å². The van der Waals surface area contributed by atoms with E-state index in [1.54, 1.807) is 0 Å². The van der Waals surface area contributed by atoms with Gasteiger partial charge in [-0.2, -0.15) is 5.26 Å². The Balaban J connectivity index is 1.78. The molecule has 0 amide bonds. The van der Waals surface area contributed by atoms with Gasteiger partial charge in [-0.15, -0.1) is 0 Å². The van der Waals surface area contributed by atoms with Gasteiger partial charge in [-0.1, -0.05) is 38.7 Å². The topological polar surface area (TPSA) is 23.8 Å². The molecule has 1 fully saturated rings. The zero-order valence-electron chi connectivity index (χ0n) is 11.1. The van der Waals surface area contributed by atoms with E-state index in [4.69, 9.17) is 5.26 Å². The summed E-state index contributed by atoms with van der Waals surface area (Å²) in [6, 6.07) is 2.31. The number of rotatable bonds is 3. The number of nitriles is 1. The zero-order valence-corrected chi connectivity index (χ0v) is 11.1. The lowest BCUT2D eigenvalue weighted by molar-refractivity contribution is 0.187. The van der Waals surface area contributed by atoms with Crippen LogP contribution in [0, 0.1) is 29.1 Å². The van der Waals surface area contributed by atoms with E-state index in [-0.39, 0.29) is 0 Å². The molecule has 0 radical (unpaired) electrons. The van der Waals surface area contributed by atoms with E-state index >= 15 is 0 Å². The minimum Gasteiger partial charge on any atom is -0.193 e. The molecule has 0 spiro atoms. The summed E-state index contributed by atoms with van der Waals surface area (Å²) >= 11 is 0. The Hall–Kier alpha value is -0.770. The second-order valence-corrected chi connectivity index (χ2v) is 5.95. The van der Waals surface area contributed by atoms with Crippen molar-refractivity contribution in [1.29, 1.82) is 5.26 Å². The van der Waals surface area contributed by atoms with Crippen LogP contribution in [0.3, 0.4) is 0 Å². The SMILES string of the molecule is CCCC1CCC(C2CC=C(C#N)CC2)CC1. The molecule has 1 unspecified atom stereocenters. The number of hydrogen-bond acceptors (Lipinski definition) is 1. The van der Waals surface area contributed by atoms with Crippen LogP contribution in [0.4, 0.5) is 0 Å². The van der Waals surface area contributed by atoms with E-state index in [1.807, 2.05) is 0 Å². The number of hydrogen-bond donors (Lipinski definition) is 0. The van der Waals surface area contributed by atoms with Crippen molar-refractivity contribution >= 4 is 0 Å². The maximum atomic E-state index is 8.86. The molecule has 2 aliphatic carbocycles. The molecule has 2 rings (SSSR count). The second-order valence-electron chi connectivity index (χ2n) is 5.95. The van der Waals surface area contributed by atoms with E-state index in [9.17, 15) is 0 Å². The highest BCUT2D eigenvalue weighted by molar-refractivity contribution is 5.22. The molecule has 1 saturated carbocycles. The summed E-state index contributed by atoms with van der Waals surface area (Å²) in [6.45, 7) is 2.31. The third-order valence-electron chi connectivity index (χ3n) is 4.85. The van der Waals surface area contributed by atoms with Crippen molar-refractivity contribution in [2.45, 2.75) is 64.7 Å². The van der Waals surface area contributed by atoms with E-state index in [0.29, 0.717) is 0 Å². The molecule has 0 aromatic heterocycles. The van der Waals surface area contributed by atoms with Gasteiger partial charge in [0.05, 0.1) is 6.07 Å². The lowest BCUT2D eigenvalue weighted by Gasteiger charge is -2.35. The van der Waals surface area contributed by atoms with Crippen molar-refractivity contribution in [2.75, 3.05) is 0 Å². The van der Waals surface area contributed by atoms with Crippen molar-refractivity contribution in [2.24, 2.45) is 17.8 Å². The summed E-state index contributed by atoms with van der Waals surface area (Å²) in [6.07, 6.45) is 14.3. The first kappa shape index (κ1) is 12.7. The summed E-state index contributed by atoms with van der Waals surface area (Å²) in [7, 11) is 0. The Morgan fingerprint density at radius 3 is 2.47 bits per heavy atom. The lowest BCUT2D eigenvalue weighted by Crippen LogP contribution is -2.23. The third-order valence-corrected chi connectivity index (χ3v) is 4.85. The quantitative estimate of drug-likeness (QED) is 0.681. The van der Waals surface area contributed by atoms with Gasteiger partial charge in [0.15, 0.2) is 0 Å². The molecule has 0 aromatic rings. The van der Waals surface area contributed by atoms with E-state index in [2.05, 4.69) is 19.1 Å². The van der Waals surface area contributed by atoms with E-state index in [0.717, 1.165) is 29.7 Å². The lowest BCUT2D eigenvalue weighted by atomic mass is 9.71. The summed E-state index contributed by atoms with van der Waals surface area (Å²) < 4.78 is 0. The van der Waals surface area contributed by atoms with Gasteiger partial charge in [0.1, 0.15) is 0 Å². The molecular weight excluding hydrogens is 206 g/mol. The van der Waals surface area contributed by atoms with Crippen molar-refractivity contribution in [3.8, 4) is 6.07 Å². The highest BCUT2D eigenvalue weighted by atomic mass is 14.3. The monoisotopic (exact) mass is 231 g/mol. The second kappa shape index (κ2) is 6.24. The fourth-order valence-corrected chi connectivity index (χ4v) is 3.74. The Morgan fingerprint density at radius 2 is 1.94 bits per heavy atom. The van der Waals surface area contributed by atoms with Crippen LogP contribution in [0.25, 0.3) is 0 Å². The number of nitrogens with zero attached hydrogens (tertiary/aromatic N) is 1. The van der Waals surface area contributed by atoms with Crippen molar-refractivity contribution < 1.29 is 0 Å². The first-order chi connectivity index (χ1) is 8.33. The maximum Gasteiger partial charge on any atom is 0.0943 e. The third kappa shape index (κ3) is 3.35. The van der Waals surface area contributed by atoms with Gasteiger partial charge in [0.2, 0.25) is 0 Å². The van der Waals surface area contributed by atoms with Crippen molar-refractivity contribution in [3.63, 3.8) is 0 Å². The maximum absolute atomic E-state index is 8.86. The van der Waals surface area contributed by atoms with Crippen LogP contribution in [0.1, 0.15) is 64.7 Å². The Morgan fingerprint density at radius 1 is 1.18 bits per heavy atom. The average molecular weight is 231 g/mol. The molecule has 0 bridgehead atoms. The number of allylic oxidation sites excluding steroid dienone is 2. The van der Waals surface area contributed by atoms with Gasteiger partial charge >= 0.3 is 0 Å². The van der Waals surface area contributed by atoms with Gasteiger partial charge in [-0.05, 0) is 49.9 Å². The smallest absolute Gasteiger partial charge is 0.0943 e. The van der Waals surface area contributed by atoms with E-state index in [1.165, 1.54) is 51.4 Å². The normalized spacial score (nSPS) is 33.9. The molecule has 0 aliphatic heterocycles. The van der Waals surface area contributed by atoms with Gasteiger partial charge in [-0.25, -0.2) is 0 Å². The summed E-state index contributed by atoms with van der Waals surface area (Å²) in [5, 5.41) is 8.86. The molecule has 17 heavy (non-hydrogen) atoms. The molecule has 2 aliphatic rings. The highest BCUT2D eigenvalue weighted by Crippen LogP contribution is 2.40. The first-order valence-electron chi connectivity index (χ1n) is 7.42. The Bertz CT molecular complexity index is 302. The molecule has 1 atom stereocenters. The predicted octanol–water partition coefficient (Wildman–Crippen LogP) is 4.84. The molecular formula is C16H25N. The molecule has 0 N–H and O–H groups in total. The van der Waals surface area contributed by atoms with Crippen LogP contribution in [-0.2, 0) is 0 Å². The van der Waals surface area contributed by atoms with Crippen LogP contribution in [0.15, 0.2) is 11.6 Å². The fraction of sp³-hybridized carbons (Fsp3) is 0.812. The largest absolute Gasteiger partial charge is 0.193 e. The zero-order chi connectivity index (χ0) is 12.1. The fourth-order valence-electron chi connectivity index (χ4n) is 3.74. The van der Waals surface area contributed by atoms with Gasteiger partial charge < -0.3 is 0 Å². The Labute approximate surface area is 106 Å². The summed E-state index contributed by atoms with van der Waals surface area (Å²) in [5.74, 6) is 2.86. The molecule has 0 aromatic carbocycles. The van der Waals surface area contributed by atoms with Gasteiger partial charge in [0, 0.05) is 5.57 Å². The van der Waals surface area contributed by atoms with E-state index < -0.39 is 0 Å². The Kier molecular flexibility index (Phi) is 4.66. The molecule has 1 heteroatoms. The molecule has 94 valence electrons. The molecule has 1 nitrogen and oxygen atoms in total. The van der Waals surface area contributed by atoms with Crippen LogP contribution in [0.5, 0.6) is 0 Å². The van der Waals surface area contributed by atoms with Crippen LogP contribution < -0.4 is 0 Å². The molecule has 0 heterocycles. The van der Waals surface area contributed by atoms with Crippen molar-refractivity contribution in [3.05, 3.63) is 11.6 Å². The highest BCUT2D eigenvalue weighted by Gasteiger charge is 2.28. The summed E-state index contributed by atoms with van der Waals surface area (Å²) in [5.41, 5.74) is 1.03. The van der Waals surface area contributed by atoms with Crippen LogP contribution in [-0.4, -0.2) is 0 Å². The standard InChI is InChI=1S/C16H25N/c1-2-3-13-4-8-15(9-5-13)16-10-6-14(12-17)7-11-16/h6,13,15-16H,2-5,7-11H2,1H3. The average Bonchev–Trinajstić information content (AvgIpc) is 2.40. The van der Waals surface area contributed by atoms with Gasteiger partial charge in [0.25, 0.3) is 0 Å². The van der Waals surface area contributed by atoms with Crippen LogP contribution >= 0.6 is 0 Å². The minimum atomic E-state index is 0.884.